The second kappa shape index (κ2) is 5.35. The van der Waals surface area contributed by atoms with Gasteiger partial charge in [0, 0.05) is 30.1 Å². The number of nitrogens with zero attached hydrogens (tertiary/aromatic N) is 1. The maximum Gasteiger partial charge on any atom is 0.251 e. The van der Waals surface area contributed by atoms with Crippen LogP contribution in [0.2, 0.25) is 0 Å². The van der Waals surface area contributed by atoms with Gasteiger partial charge in [-0.2, -0.15) is 0 Å². The van der Waals surface area contributed by atoms with Crippen LogP contribution < -0.4 is 5.32 Å². The second-order valence-electron chi connectivity index (χ2n) is 3.65. The zero-order valence-electron chi connectivity index (χ0n) is 9.36. The number of amides is 1. The van der Waals surface area contributed by atoms with Gasteiger partial charge in [0.2, 0.25) is 0 Å². The topological polar surface area (TPSA) is 42.0 Å². The molecule has 0 unspecified atom stereocenters. The van der Waals surface area contributed by atoms with Gasteiger partial charge in [-0.15, -0.1) is 0 Å². The van der Waals surface area contributed by atoms with Crippen LogP contribution >= 0.6 is 0 Å². The Morgan fingerprint density at radius 2 is 1.89 bits per heavy atom. The predicted octanol–water partition coefficient (Wildman–Crippen LogP) is 2.29. The first-order valence-electron chi connectivity index (χ1n) is 5.29. The van der Waals surface area contributed by atoms with Crippen molar-refractivity contribution in [2.75, 3.05) is 0 Å². The molecule has 0 fully saturated rings. The molecule has 5 heteroatoms. The van der Waals surface area contributed by atoms with Crippen LogP contribution in [-0.2, 0) is 6.54 Å². The molecule has 0 aliphatic carbocycles. The first-order chi connectivity index (χ1) is 8.66. The van der Waals surface area contributed by atoms with Gasteiger partial charge in [0.15, 0.2) is 0 Å². The van der Waals surface area contributed by atoms with E-state index >= 15 is 0 Å². The molecule has 0 saturated carbocycles. The van der Waals surface area contributed by atoms with Crippen molar-refractivity contribution < 1.29 is 13.6 Å². The fourth-order valence-corrected chi connectivity index (χ4v) is 1.46. The highest BCUT2D eigenvalue weighted by atomic mass is 19.1. The highest BCUT2D eigenvalue weighted by Crippen LogP contribution is 2.09. The smallest absolute Gasteiger partial charge is 0.251 e. The summed E-state index contributed by atoms with van der Waals surface area (Å²) < 4.78 is 26.2. The van der Waals surface area contributed by atoms with Crippen LogP contribution in [0.1, 0.15) is 15.9 Å². The van der Waals surface area contributed by atoms with E-state index in [-0.39, 0.29) is 18.0 Å². The predicted molar refractivity (Wildman–Crippen MR) is 61.8 cm³/mol. The van der Waals surface area contributed by atoms with Gasteiger partial charge in [-0.05, 0) is 30.3 Å². The van der Waals surface area contributed by atoms with E-state index in [9.17, 15) is 13.6 Å². The molecule has 2 aromatic rings. The van der Waals surface area contributed by atoms with Crippen molar-refractivity contribution in [3.8, 4) is 0 Å². The summed E-state index contributed by atoms with van der Waals surface area (Å²) in [6.45, 7) is -0.0647. The van der Waals surface area contributed by atoms with Gasteiger partial charge >= 0.3 is 0 Å². The van der Waals surface area contributed by atoms with Gasteiger partial charge in [-0.25, -0.2) is 8.78 Å². The van der Waals surface area contributed by atoms with Crippen LogP contribution in [0.5, 0.6) is 0 Å². The molecule has 0 spiro atoms. The minimum Gasteiger partial charge on any atom is -0.348 e. The zero-order valence-corrected chi connectivity index (χ0v) is 9.36. The number of carbonyl (C=O) groups excluding carboxylic acids is 1. The SMILES string of the molecule is O=C(NCc1cc(F)ccc1F)c1ccncc1. The number of rotatable bonds is 3. The lowest BCUT2D eigenvalue weighted by molar-refractivity contribution is 0.0950. The van der Waals surface area contributed by atoms with Crippen LogP contribution in [0.4, 0.5) is 8.78 Å². The van der Waals surface area contributed by atoms with E-state index in [1.54, 1.807) is 0 Å². The van der Waals surface area contributed by atoms with Crippen LogP contribution in [0.3, 0.4) is 0 Å². The Morgan fingerprint density at radius 3 is 2.61 bits per heavy atom. The maximum atomic E-state index is 13.3. The Balaban J connectivity index is 2.04. The number of benzene rings is 1. The third-order valence-corrected chi connectivity index (χ3v) is 2.39. The number of hydrogen-bond donors (Lipinski definition) is 1. The van der Waals surface area contributed by atoms with Crippen molar-refractivity contribution >= 4 is 5.91 Å². The second-order valence-corrected chi connectivity index (χ2v) is 3.65. The normalized spacial score (nSPS) is 10.1. The maximum absolute atomic E-state index is 13.3. The molecular weight excluding hydrogens is 238 g/mol. The van der Waals surface area contributed by atoms with Gasteiger partial charge < -0.3 is 5.32 Å². The lowest BCUT2D eigenvalue weighted by Gasteiger charge is -2.06. The summed E-state index contributed by atoms with van der Waals surface area (Å²) in [6.07, 6.45) is 2.97. The van der Waals surface area contributed by atoms with Gasteiger partial charge in [-0.3, -0.25) is 9.78 Å². The highest BCUT2D eigenvalue weighted by molar-refractivity contribution is 5.93. The molecule has 3 nitrogen and oxygen atoms in total. The van der Waals surface area contributed by atoms with Crippen LogP contribution in [0, 0.1) is 11.6 Å². The molecule has 0 aliphatic rings. The standard InChI is InChI=1S/C13H10F2N2O/c14-11-1-2-12(15)10(7-11)8-17-13(18)9-3-5-16-6-4-9/h1-7H,8H2,(H,17,18). The highest BCUT2D eigenvalue weighted by Gasteiger charge is 2.07. The zero-order chi connectivity index (χ0) is 13.0. The summed E-state index contributed by atoms with van der Waals surface area (Å²) in [5.74, 6) is -1.45. The lowest BCUT2D eigenvalue weighted by Crippen LogP contribution is -2.23. The molecule has 1 aromatic heterocycles. The molecule has 1 N–H and O–H groups in total. The quantitative estimate of drug-likeness (QED) is 0.905. The molecule has 1 amide bonds. The van der Waals surface area contributed by atoms with Crippen molar-refractivity contribution in [2.45, 2.75) is 6.54 Å². The summed E-state index contributed by atoms with van der Waals surface area (Å²) >= 11 is 0. The van der Waals surface area contributed by atoms with Crippen LogP contribution in [0.15, 0.2) is 42.7 Å². The molecule has 18 heavy (non-hydrogen) atoms. The largest absolute Gasteiger partial charge is 0.348 e. The van der Waals surface area contributed by atoms with Crippen molar-refractivity contribution in [3.63, 3.8) is 0 Å². The summed E-state index contributed by atoms with van der Waals surface area (Å²) in [5.41, 5.74) is 0.527. The number of hydrogen-bond acceptors (Lipinski definition) is 2. The van der Waals surface area contributed by atoms with Crippen molar-refractivity contribution in [1.29, 1.82) is 0 Å². The van der Waals surface area contributed by atoms with Gasteiger partial charge in [0.1, 0.15) is 11.6 Å². The van der Waals surface area contributed by atoms with Crippen LogP contribution in [0.25, 0.3) is 0 Å². The molecule has 2 rings (SSSR count). The molecule has 0 aliphatic heterocycles. The Labute approximate surface area is 102 Å². The average molecular weight is 248 g/mol. The molecular formula is C13H10F2N2O. The summed E-state index contributed by atoms with van der Waals surface area (Å²) in [4.78, 5) is 15.4. The fraction of sp³-hybridized carbons (Fsp3) is 0.0769. The van der Waals surface area contributed by atoms with Crippen molar-refractivity contribution in [1.82, 2.24) is 10.3 Å². The van der Waals surface area contributed by atoms with Gasteiger partial charge in [-0.1, -0.05) is 0 Å². The van der Waals surface area contributed by atoms with E-state index in [0.717, 1.165) is 18.2 Å². The molecule has 1 aromatic carbocycles. The fourth-order valence-electron chi connectivity index (χ4n) is 1.46. The Bertz CT molecular complexity index is 558. The number of pyridine rings is 1. The molecule has 0 saturated heterocycles. The number of carbonyl (C=O) groups is 1. The summed E-state index contributed by atoms with van der Waals surface area (Å²) in [6, 6.07) is 6.20. The first-order valence-corrected chi connectivity index (χ1v) is 5.29. The molecule has 0 bridgehead atoms. The van der Waals surface area contributed by atoms with Crippen LogP contribution in [-0.4, -0.2) is 10.9 Å². The number of halogens is 2. The van der Waals surface area contributed by atoms with Crippen molar-refractivity contribution in [2.24, 2.45) is 0 Å². The molecule has 0 radical (unpaired) electrons. The molecule has 1 heterocycles. The van der Waals surface area contributed by atoms with E-state index in [1.165, 1.54) is 24.5 Å². The average Bonchev–Trinajstić information content (AvgIpc) is 2.40. The number of nitrogens with one attached hydrogen (secondary N) is 1. The van der Waals surface area contributed by atoms with E-state index < -0.39 is 11.6 Å². The molecule has 0 atom stereocenters. The Kier molecular flexibility index (Phi) is 3.62. The Morgan fingerprint density at radius 1 is 1.17 bits per heavy atom. The third-order valence-electron chi connectivity index (χ3n) is 2.39. The third kappa shape index (κ3) is 2.88. The first kappa shape index (κ1) is 12.2. The summed E-state index contributed by atoms with van der Waals surface area (Å²) in [7, 11) is 0. The number of aromatic nitrogens is 1. The Hall–Kier alpha value is -2.30. The minimum absolute atomic E-state index is 0.0647. The van der Waals surface area contributed by atoms with E-state index in [1.807, 2.05) is 0 Å². The monoisotopic (exact) mass is 248 g/mol. The van der Waals surface area contributed by atoms with Gasteiger partial charge in [0.25, 0.3) is 5.91 Å². The molecule has 92 valence electrons. The van der Waals surface area contributed by atoms with Gasteiger partial charge in [0.05, 0.1) is 0 Å². The van der Waals surface area contributed by atoms with E-state index in [0.29, 0.717) is 5.56 Å². The lowest BCUT2D eigenvalue weighted by atomic mass is 10.2. The van der Waals surface area contributed by atoms with Crippen molar-refractivity contribution in [3.05, 3.63) is 65.5 Å². The summed E-state index contributed by atoms with van der Waals surface area (Å²) in [5, 5.41) is 2.51. The minimum atomic E-state index is -0.550. The van der Waals surface area contributed by atoms with E-state index in [4.69, 9.17) is 0 Å². The van der Waals surface area contributed by atoms with E-state index in [2.05, 4.69) is 10.3 Å².